The molecule has 0 saturated heterocycles. The van der Waals surface area contributed by atoms with Gasteiger partial charge < -0.3 is 10.1 Å². The molecule has 1 N–H and O–H groups in total. The Kier molecular flexibility index (Phi) is 5.19. The fourth-order valence-corrected chi connectivity index (χ4v) is 3.56. The number of hydrogen-bond donors (Lipinski definition) is 1. The molecule has 0 aliphatic carbocycles. The molecule has 3 aromatic carbocycles. The third kappa shape index (κ3) is 4.11. The first-order valence-electron chi connectivity index (χ1n) is 8.47. The van der Waals surface area contributed by atoms with Crippen LogP contribution in [-0.2, 0) is 9.84 Å². The highest BCUT2D eigenvalue weighted by atomic mass is 32.2. The van der Waals surface area contributed by atoms with Crippen molar-refractivity contribution in [2.24, 2.45) is 0 Å². The van der Waals surface area contributed by atoms with Gasteiger partial charge >= 0.3 is 0 Å². The van der Waals surface area contributed by atoms with Gasteiger partial charge in [-0.25, -0.2) is 8.42 Å². The van der Waals surface area contributed by atoms with Crippen molar-refractivity contribution in [2.75, 3.05) is 13.4 Å². The van der Waals surface area contributed by atoms with Crippen LogP contribution >= 0.6 is 0 Å². The van der Waals surface area contributed by atoms with E-state index in [9.17, 15) is 13.2 Å². The molecule has 0 bridgehead atoms. The topological polar surface area (TPSA) is 72.5 Å². The van der Waals surface area contributed by atoms with E-state index in [1.54, 1.807) is 24.3 Å². The molecule has 5 nitrogen and oxygen atoms in total. The van der Waals surface area contributed by atoms with Crippen LogP contribution < -0.4 is 10.1 Å². The molecule has 0 aromatic heterocycles. The number of carbonyl (C=O) groups excluding carboxylic acids is 1. The minimum atomic E-state index is -3.25. The second-order valence-corrected chi connectivity index (χ2v) is 8.45. The standard InChI is InChI=1S/C21H21NO4S/c1-14(15-8-10-18(11-9-15)27(3,24)25)22-21(23)19-12-16-6-4-5-7-17(16)13-20(19)26-2/h4-14H,1-3H3,(H,22,23)/t14-/m1/s1. The maximum atomic E-state index is 12.8. The van der Waals surface area contributed by atoms with Crippen molar-refractivity contribution < 1.29 is 17.9 Å². The Morgan fingerprint density at radius 1 is 1.00 bits per heavy atom. The number of methoxy groups -OCH3 is 1. The molecular formula is C21H21NO4S. The highest BCUT2D eigenvalue weighted by molar-refractivity contribution is 7.90. The molecule has 1 atom stereocenters. The number of ether oxygens (including phenoxy) is 1. The van der Waals surface area contributed by atoms with Crippen molar-refractivity contribution in [3.63, 3.8) is 0 Å². The molecule has 0 fully saturated rings. The average molecular weight is 383 g/mol. The zero-order valence-corrected chi connectivity index (χ0v) is 16.2. The zero-order valence-electron chi connectivity index (χ0n) is 15.4. The summed E-state index contributed by atoms with van der Waals surface area (Å²) in [4.78, 5) is 13.0. The lowest BCUT2D eigenvalue weighted by molar-refractivity contribution is 0.0937. The molecule has 0 aliphatic rings. The van der Waals surface area contributed by atoms with Crippen molar-refractivity contribution in [1.82, 2.24) is 5.32 Å². The lowest BCUT2D eigenvalue weighted by Gasteiger charge is -2.16. The summed E-state index contributed by atoms with van der Waals surface area (Å²) in [6.07, 6.45) is 1.17. The number of hydrogen-bond acceptors (Lipinski definition) is 4. The van der Waals surface area contributed by atoms with Gasteiger partial charge in [-0.15, -0.1) is 0 Å². The van der Waals surface area contributed by atoms with Gasteiger partial charge in [0.25, 0.3) is 5.91 Å². The van der Waals surface area contributed by atoms with Gasteiger partial charge in [-0.2, -0.15) is 0 Å². The molecule has 3 rings (SSSR count). The number of benzene rings is 3. The monoisotopic (exact) mass is 383 g/mol. The zero-order chi connectivity index (χ0) is 19.6. The largest absolute Gasteiger partial charge is 0.496 e. The molecule has 0 aliphatic heterocycles. The van der Waals surface area contributed by atoms with Crippen molar-refractivity contribution >= 4 is 26.5 Å². The quantitative estimate of drug-likeness (QED) is 0.728. The number of sulfone groups is 1. The van der Waals surface area contributed by atoms with E-state index >= 15 is 0 Å². The van der Waals surface area contributed by atoms with E-state index in [2.05, 4.69) is 5.32 Å². The number of fused-ring (bicyclic) bond motifs is 1. The molecule has 0 saturated carbocycles. The molecule has 27 heavy (non-hydrogen) atoms. The summed E-state index contributed by atoms with van der Waals surface area (Å²) < 4.78 is 28.5. The summed E-state index contributed by atoms with van der Waals surface area (Å²) in [6.45, 7) is 1.85. The molecule has 0 spiro atoms. The molecule has 0 unspecified atom stereocenters. The Balaban J connectivity index is 1.85. The third-order valence-electron chi connectivity index (χ3n) is 4.47. The van der Waals surface area contributed by atoms with E-state index < -0.39 is 9.84 Å². The SMILES string of the molecule is COc1cc2ccccc2cc1C(=O)N[C@H](C)c1ccc(S(C)(=O)=O)cc1. The van der Waals surface area contributed by atoms with Crippen molar-refractivity contribution in [3.8, 4) is 5.75 Å². The van der Waals surface area contributed by atoms with Gasteiger partial charge in [-0.05, 0) is 47.5 Å². The number of amides is 1. The van der Waals surface area contributed by atoms with Crippen LogP contribution in [0.2, 0.25) is 0 Å². The Morgan fingerprint density at radius 3 is 2.15 bits per heavy atom. The molecule has 1 amide bonds. The third-order valence-corrected chi connectivity index (χ3v) is 5.60. The summed E-state index contributed by atoms with van der Waals surface area (Å²) in [5.41, 5.74) is 1.27. The van der Waals surface area contributed by atoms with E-state index in [0.29, 0.717) is 11.3 Å². The Bertz CT molecular complexity index is 1090. The fourth-order valence-electron chi connectivity index (χ4n) is 2.93. The maximum absolute atomic E-state index is 12.8. The fraction of sp³-hybridized carbons (Fsp3) is 0.190. The molecular weight excluding hydrogens is 362 g/mol. The summed E-state index contributed by atoms with van der Waals surface area (Å²) in [5, 5.41) is 4.89. The van der Waals surface area contributed by atoms with Gasteiger partial charge in [-0.1, -0.05) is 36.4 Å². The summed E-state index contributed by atoms with van der Waals surface area (Å²) in [5.74, 6) is 0.253. The van der Waals surface area contributed by atoms with Crippen LogP contribution in [0.1, 0.15) is 28.9 Å². The van der Waals surface area contributed by atoms with Gasteiger partial charge in [0, 0.05) is 6.26 Å². The van der Waals surface area contributed by atoms with Gasteiger partial charge in [0.2, 0.25) is 0 Å². The number of carbonyl (C=O) groups is 1. The van der Waals surface area contributed by atoms with Crippen LogP contribution in [0.4, 0.5) is 0 Å². The van der Waals surface area contributed by atoms with Crippen molar-refractivity contribution in [2.45, 2.75) is 17.9 Å². The second-order valence-electron chi connectivity index (χ2n) is 6.44. The minimum Gasteiger partial charge on any atom is -0.496 e. The normalized spacial score (nSPS) is 12.6. The van der Waals surface area contributed by atoms with Gasteiger partial charge in [0.15, 0.2) is 9.84 Å². The highest BCUT2D eigenvalue weighted by Gasteiger charge is 2.17. The van der Waals surface area contributed by atoms with E-state index in [0.717, 1.165) is 16.3 Å². The lowest BCUT2D eigenvalue weighted by Crippen LogP contribution is -2.27. The van der Waals surface area contributed by atoms with E-state index in [1.807, 2.05) is 43.3 Å². The highest BCUT2D eigenvalue weighted by Crippen LogP contribution is 2.26. The molecule has 0 heterocycles. The molecule has 6 heteroatoms. The Hall–Kier alpha value is -2.86. The Morgan fingerprint density at radius 2 is 1.59 bits per heavy atom. The van der Waals surface area contributed by atoms with Crippen LogP contribution in [0.15, 0.2) is 65.6 Å². The van der Waals surface area contributed by atoms with E-state index in [-0.39, 0.29) is 16.8 Å². The van der Waals surface area contributed by atoms with Crippen LogP contribution in [0.3, 0.4) is 0 Å². The molecule has 3 aromatic rings. The van der Waals surface area contributed by atoms with Gasteiger partial charge in [-0.3, -0.25) is 4.79 Å². The first-order valence-corrected chi connectivity index (χ1v) is 10.4. The van der Waals surface area contributed by atoms with E-state index in [4.69, 9.17) is 4.74 Å². The minimum absolute atomic E-state index is 0.251. The summed E-state index contributed by atoms with van der Waals surface area (Å²) in [6, 6.07) is 17.6. The average Bonchev–Trinajstić information content (AvgIpc) is 2.66. The Labute approximate surface area is 158 Å². The number of rotatable bonds is 5. The van der Waals surface area contributed by atoms with Crippen LogP contribution in [0.25, 0.3) is 10.8 Å². The van der Waals surface area contributed by atoms with Crippen LogP contribution in [-0.4, -0.2) is 27.7 Å². The van der Waals surface area contributed by atoms with Crippen molar-refractivity contribution in [3.05, 3.63) is 71.8 Å². The van der Waals surface area contributed by atoms with Crippen molar-refractivity contribution in [1.29, 1.82) is 0 Å². The predicted octanol–water partition coefficient (Wildman–Crippen LogP) is 3.74. The summed E-state index contributed by atoms with van der Waals surface area (Å²) >= 11 is 0. The lowest BCUT2D eigenvalue weighted by atomic mass is 10.0. The first kappa shape index (κ1) is 18.9. The smallest absolute Gasteiger partial charge is 0.255 e. The van der Waals surface area contributed by atoms with Gasteiger partial charge in [0.1, 0.15) is 5.75 Å². The van der Waals surface area contributed by atoms with E-state index in [1.165, 1.54) is 13.4 Å². The predicted molar refractivity (Wildman–Crippen MR) is 106 cm³/mol. The molecule has 140 valence electrons. The molecule has 0 radical (unpaired) electrons. The van der Waals surface area contributed by atoms with Gasteiger partial charge in [0.05, 0.1) is 23.6 Å². The second kappa shape index (κ2) is 7.40. The van der Waals surface area contributed by atoms with Crippen LogP contribution in [0.5, 0.6) is 5.75 Å². The maximum Gasteiger partial charge on any atom is 0.255 e. The number of nitrogens with one attached hydrogen (secondary N) is 1. The first-order chi connectivity index (χ1) is 12.8. The van der Waals surface area contributed by atoms with Crippen LogP contribution in [0, 0.1) is 0 Å². The summed E-state index contributed by atoms with van der Waals surface area (Å²) in [7, 11) is -1.71.